The van der Waals surface area contributed by atoms with E-state index in [0.29, 0.717) is 18.7 Å². The summed E-state index contributed by atoms with van der Waals surface area (Å²) >= 11 is 0. The molecule has 0 radical (unpaired) electrons. The first-order chi connectivity index (χ1) is 13.1. The molecule has 1 N–H and O–H groups in total. The summed E-state index contributed by atoms with van der Waals surface area (Å²) in [5, 5.41) is 3.52. The van der Waals surface area contributed by atoms with E-state index >= 15 is 0 Å². The molecule has 1 heterocycles. The van der Waals surface area contributed by atoms with Crippen molar-refractivity contribution in [2.45, 2.75) is 39.0 Å². The normalized spacial score (nSPS) is 17.2. The Bertz CT molecular complexity index is 760. The summed E-state index contributed by atoms with van der Waals surface area (Å²) in [5.41, 5.74) is 2.62. The molecule has 144 valence electrons. The quantitative estimate of drug-likeness (QED) is 0.699. The number of hydrogen-bond acceptors (Lipinski definition) is 4. The Kier molecular flexibility index (Phi) is 6.35. The number of ether oxygens (including phenoxy) is 2. The molecular formula is C22H28N2O3. The number of rotatable bonds is 8. The Morgan fingerprint density at radius 2 is 1.89 bits per heavy atom. The Morgan fingerprint density at radius 1 is 1.15 bits per heavy atom. The number of amides is 1. The van der Waals surface area contributed by atoms with Gasteiger partial charge in [-0.2, -0.15) is 0 Å². The minimum atomic E-state index is -0.207. The molecule has 0 bridgehead atoms. The molecule has 1 amide bonds. The maximum atomic E-state index is 13.1. The summed E-state index contributed by atoms with van der Waals surface area (Å²) in [6.07, 6.45) is 1.73. The first-order valence-corrected chi connectivity index (χ1v) is 9.56. The number of carbonyl (C=O) groups excluding carboxylic acids is 1. The van der Waals surface area contributed by atoms with Crippen molar-refractivity contribution in [1.29, 1.82) is 0 Å². The van der Waals surface area contributed by atoms with Crippen LogP contribution < -0.4 is 10.1 Å². The van der Waals surface area contributed by atoms with E-state index in [1.807, 2.05) is 53.4 Å². The molecule has 2 unspecified atom stereocenters. The van der Waals surface area contributed by atoms with Crippen LogP contribution in [0.1, 0.15) is 48.8 Å². The van der Waals surface area contributed by atoms with Crippen molar-refractivity contribution >= 4 is 11.6 Å². The van der Waals surface area contributed by atoms with Crippen LogP contribution in [-0.4, -0.2) is 37.2 Å². The van der Waals surface area contributed by atoms with Gasteiger partial charge < -0.3 is 19.7 Å². The van der Waals surface area contributed by atoms with E-state index in [1.165, 1.54) is 0 Å². The van der Waals surface area contributed by atoms with Crippen molar-refractivity contribution in [2.75, 3.05) is 25.6 Å². The van der Waals surface area contributed by atoms with Crippen LogP contribution in [0.3, 0.4) is 0 Å². The van der Waals surface area contributed by atoms with Crippen LogP contribution >= 0.6 is 0 Å². The highest BCUT2D eigenvalue weighted by atomic mass is 16.5. The monoisotopic (exact) mass is 368 g/mol. The summed E-state index contributed by atoms with van der Waals surface area (Å²) in [6, 6.07) is 15.7. The van der Waals surface area contributed by atoms with Crippen LogP contribution in [0.4, 0.5) is 5.69 Å². The zero-order valence-electron chi connectivity index (χ0n) is 16.3. The van der Waals surface area contributed by atoms with Crippen molar-refractivity contribution in [3.05, 3.63) is 59.7 Å². The topological polar surface area (TPSA) is 50.8 Å². The lowest BCUT2D eigenvalue weighted by Gasteiger charge is -2.38. The van der Waals surface area contributed by atoms with Gasteiger partial charge in [0.2, 0.25) is 0 Å². The number of benzene rings is 2. The summed E-state index contributed by atoms with van der Waals surface area (Å²) in [6.45, 7) is 5.42. The van der Waals surface area contributed by atoms with E-state index in [9.17, 15) is 4.79 Å². The fraction of sp³-hybridized carbons (Fsp3) is 0.409. The van der Waals surface area contributed by atoms with Crippen molar-refractivity contribution in [2.24, 2.45) is 0 Å². The molecule has 0 aromatic heterocycles. The summed E-state index contributed by atoms with van der Waals surface area (Å²) < 4.78 is 11.0. The average Bonchev–Trinajstić information content (AvgIpc) is 2.70. The van der Waals surface area contributed by atoms with Gasteiger partial charge in [-0.3, -0.25) is 4.79 Å². The van der Waals surface area contributed by atoms with Gasteiger partial charge in [-0.15, -0.1) is 0 Å². The highest BCUT2D eigenvalue weighted by Gasteiger charge is 2.32. The summed E-state index contributed by atoms with van der Waals surface area (Å²) in [4.78, 5) is 14.9. The van der Waals surface area contributed by atoms with Crippen LogP contribution in [0.2, 0.25) is 0 Å². The molecule has 1 aliphatic rings. The average molecular weight is 368 g/mol. The number of fused-ring (bicyclic) bond motifs is 1. The van der Waals surface area contributed by atoms with Crippen LogP contribution in [0, 0.1) is 0 Å². The number of hydrogen-bond donors (Lipinski definition) is 1. The molecule has 0 fully saturated rings. The number of carbonyl (C=O) groups is 1. The molecule has 2 atom stereocenters. The van der Waals surface area contributed by atoms with Crippen LogP contribution in [0.5, 0.6) is 5.75 Å². The number of nitrogens with one attached hydrogen (secondary N) is 1. The Morgan fingerprint density at radius 3 is 2.59 bits per heavy atom. The third-order valence-corrected chi connectivity index (χ3v) is 4.88. The van der Waals surface area contributed by atoms with Crippen LogP contribution in [0.25, 0.3) is 0 Å². The Hall–Kier alpha value is -2.53. The summed E-state index contributed by atoms with van der Waals surface area (Å²) in [7, 11) is 1.68. The van der Waals surface area contributed by atoms with Gasteiger partial charge in [-0.1, -0.05) is 31.2 Å². The second-order valence-electron chi connectivity index (χ2n) is 6.84. The maximum absolute atomic E-state index is 13.1. The van der Waals surface area contributed by atoms with Crippen molar-refractivity contribution < 1.29 is 14.3 Å². The van der Waals surface area contributed by atoms with Gasteiger partial charge in [0.05, 0.1) is 11.7 Å². The Labute approximate surface area is 161 Å². The number of methoxy groups -OCH3 is 1. The molecule has 5 heteroatoms. The molecule has 3 rings (SSSR count). The number of para-hydroxylation sites is 1. The largest absolute Gasteiger partial charge is 0.491 e. The minimum Gasteiger partial charge on any atom is -0.491 e. The molecular weight excluding hydrogens is 340 g/mol. The zero-order chi connectivity index (χ0) is 19.2. The maximum Gasteiger partial charge on any atom is 0.257 e. The van der Waals surface area contributed by atoms with Gasteiger partial charge in [0.25, 0.3) is 5.91 Å². The molecule has 5 nitrogen and oxygen atoms in total. The minimum absolute atomic E-state index is 0.0467. The van der Waals surface area contributed by atoms with E-state index in [0.717, 1.165) is 29.8 Å². The molecule has 0 saturated heterocycles. The van der Waals surface area contributed by atoms with Gasteiger partial charge in [-0.25, -0.2) is 0 Å². The predicted octanol–water partition coefficient (Wildman–Crippen LogP) is 4.47. The lowest BCUT2D eigenvalue weighted by Crippen LogP contribution is -2.43. The van der Waals surface area contributed by atoms with Crippen molar-refractivity contribution in [3.63, 3.8) is 0 Å². The molecule has 0 aliphatic carbocycles. The molecule has 2 aromatic rings. The fourth-order valence-electron chi connectivity index (χ4n) is 3.21. The number of anilines is 1. The lowest BCUT2D eigenvalue weighted by molar-refractivity contribution is 0.0660. The second-order valence-corrected chi connectivity index (χ2v) is 6.84. The SMILES string of the molecule is CCC(C)Oc1ccc(C2Nc3ccccc3C(=O)N2CCCOC)cc1. The van der Waals surface area contributed by atoms with E-state index < -0.39 is 0 Å². The fourth-order valence-corrected chi connectivity index (χ4v) is 3.21. The van der Waals surface area contributed by atoms with E-state index in [-0.39, 0.29) is 18.2 Å². The number of nitrogens with zero attached hydrogens (tertiary/aromatic N) is 1. The first-order valence-electron chi connectivity index (χ1n) is 9.56. The third kappa shape index (κ3) is 4.42. The lowest BCUT2D eigenvalue weighted by atomic mass is 10.0. The smallest absolute Gasteiger partial charge is 0.257 e. The van der Waals surface area contributed by atoms with Gasteiger partial charge in [0, 0.05) is 25.9 Å². The molecule has 27 heavy (non-hydrogen) atoms. The molecule has 1 aliphatic heterocycles. The summed E-state index contributed by atoms with van der Waals surface area (Å²) in [5.74, 6) is 0.895. The molecule has 0 spiro atoms. The first kappa shape index (κ1) is 19.2. The van der Waals surface area contributed by atoms with Crippen LogP contribution in [-0.2, 0) is 4.74 Å². The Balaban J connectivity index is 1.85. The van der Waals surface area contributed by atoms with Crippen molar-refractivity contribution in [1.82, 2.24) is 4.90 Å². The third-order valence-electron chi connectivity index (χ3n) is 4.88. The van der Waals surface area contributed by atoms with Gasteiger partial charge in [0.15, 0.2) is 0 Å². The van der Waals surface area contributed by atoms with Gasteiger partial charge >= 0.3 is 0 Å². The predicted molar refractivity (Wildman–Crippen MR) is 107 cm³/mol. The van der Waals surface area contributed by atoms with E-state index in [4.69, 9.17) is 9.47 Å². The van der Waals surface area contributed by atoms with Crippen molar-refractivity contribution in [3.8, 4) is 5.75 Å². The zero-order valence-corrected chi connectivity index (χ0v) is 16.3. The van der Waals surface area contributed by atoms with E-state index in [1.54, 1.807) is 7.11 Å². The highest BCUT2D eigenvalue weighted by Crippen LogP contribution is 2.33. The molecule has 2 aromatic carbocycles. The molecule has 0 saturated carbocycles. The van der Waals surface area contributed by atoms with Crippen LogP contribution in [0.15, 0.2) is 48.5 Å². The highest BCUT2D eigenvalue weighted by molar-refractivity contribution is 6.01. The second kappa shape index (κ2) is 8.91. The van der Waals surface area contributed by atoms with Gasteiger partial charge in [-0.05, 0) is 49.6 Å². The van der Waals surface area contributed by atoms with E-state index in [2.05, 4.69) is 19.2 Å². The van der Waals surface area contributed by atoms with Gasteiger partial charge in [0.1, 0.15) is 11.9 Å². The standard InChI is InChI=1S/C22H28N2O3/c1-4-16(2)27-18-12-10-17(11-13-18)21-23-20-9-6-5-8-19(20)22(25)24(21)14-7-15-26-3/h5-6,8-13,16,21,23H,4,7,14-15H2,1-3H3.